The van der Waals surface area contributed by atoms with Crippen LogP contribution in [-0.4, -0.2) is 28.7 Å². The first kappa shape index (κ1) is 21.6. The molecule has 0 fully saturated rings. The van der Waals surface area contributed by atoms with Gasteiger partial charge in [0.15, 0.2) is 11.9 Å². The molecule has 0 aliphatic rings. The highest BCUT2D eigenvalue weighted by molar-refractivity contribution is 5.98. The molecule has 0 radical (unpaired) electrons. The second-order valence-corrected chi connectivity index (χ2v) is 5.97. The zero-order valence-electron chi connectivity index (χ0n) is 15.2. The number of carbonyl (C=O) groups excluding carboxylic acids is 3. The lowest BCUT2D eigenvalue weighted by Crippen LogP contribution is -2.30. The van der Waals surface area contributed by atoms with Gasteiger partial charge in [-0.3, -0.25) is 24.5 Å². The number of benzene rings is 2. The largest absolute Gasteiger partial charge is 0.453 e. The van der Waals surface area contributed by atoms with E-state index in [-0.39, 0.29) is 24.1 Å². The molecule has 0 unspecified atom stereocenters. The van der Waals surface area contributed by atoms with Crippen LogP contribution in [0.2, 0.25) is 0 Å². The lowest BCUT2D eigenvalue weighted by atomic mass is 10.1. The number of halogens is 2. The van der Waals surface area contributed by atoms with Gasteiger partial charge >= 0.3 is 11.7 Å². The van der Waals surface area contributed by atoms with E-state index in [0.29, 0.717) is 0 Å². The number of amides is 1. The number of ether oxygens (including phenoxy) is 1. The number of hydrogen-bond acceptors (Lipinski definition) is 6. The van der Waals surface area contributed by atoms with Gasteiger partial charge in [0.25, 0.3) is 5.91 Å². The number of esters is 1. The molecule has 0 aliphatic heterocycles. The molecule has 1 amide bonds. The Morgan fingerprint density at radius 3 is 2.38 bits per heavy atom. The van der Waals surface area contributed by atoms with Crippen LogP contribution in [0.15, 0.2) is 42.5 Å². The SMILES string of the molecule is C[C@@H](OC(=O)CCC(=O)c1ccc(F)cc1)C(=O)Nc1ccc(F)c([N+](=O)[O-])c1. The molecule has 2 aromatic rings. The van der Waals surface area contributed by atoms with Gasteiger partial charge in [-0.15, -0.1) is 0 Å². The minimum atomic E-state index is -1.26. The molecule has 152 valence electrons. The average Bonchev–Trinajstić information content (AvgIpc) is 2.67. The van der Waals surface area contributed by atoms with E-state index in [1.54, 1.807) is 0 Å². The van der Waals surface area contributed by atoms with Gasteiger partial charge in [-0.05, 0) is 43.3 Å². The van der Waals surface area contributed by atoms with E-state index < -0.39 is 46.0 Å². The summed E-state index contributed by atoms with van der Waals surface area (Å²) in [4.78, 5) is 45.6. The average molecular weight is 406 g/mol. The lowest BCUT2D eigenvalue weighted by Gasteiger charge is -2.13. The number of nitro benzene ring substituents is 1. The molecule has 0 heterocycles. The van der Waals surface area contributed by atoms with Crippen molar-refractivity contribution >= 4 is 29.0 Å². The van der Waals surface area contributed by atoms with Crippen LogP contribution in [-0.2, 0) is 14.3 Å². The van der Waals surface area contributed by atoms with Crippen molar-refractivity contribution in [2.75, 3.05) is 5.32 Å². The number of Topliss-reactive ketones (excluding diaryl/α,β-unsaturated/α-hetero) is 1. The van der Waals surface area contributed by atoms with E-state index in [0.717, 1.165) is 30.3 Å². The number of anilines is 1. The van der Waals surface area contributed by atoms with E-state index >= 15 is 0 Å². The first-order valence-corrected chi connectivity index (χ1v) is 8.40. The fourth-order valence-corrected chi connectivity index (χ4v) is 2.28. The van der Waals surface area contributed by atoms with Crippen LogP contribution in [0, 0.1) is 21.7 Å². The van der Waals surface area contributed by atoms with Crippen molar-refractivity contribution in [2.45, 2.75) is 25.9 Å². The summed E-state index contributed by atoms with van der Waals surface area (Å²) in [5.41, 5.74) is -0.618. The van der Waals surface area contributed by atoms with Crippen molar-refractivity contribution in [3.05, 3.63) is 69.8 Å². The molecule has 29 heavy (non-hydrogen) atoms. The van der Waals surface area contributed by atoms with Gasteiger partial charge in [-0.1, -0.05) is 0 Å². The van der Waals surface area contributed by atoms with Gasteiger partial charge in [-0.25, -0.2) is 4.39 Å². The molecule has 0 spiro atoms. The summed E-state index contributed by atoms with van der Waals surface area (Å²) in [7, 11) is 0. The van der Waals surface area contributed by atoms with Crippen LogP contribution in [0.3, 0.4) is 0 Å². The Balaban J connectivity index is 1.86. The minimum absolute atomic E-state index is 0.0440. The van der Waals surface area contributed by atoms with Crippen LogP contribution < -0.4 is 5.32 Å². The number of nitrogens with one attached hydrogen (secondary N) is 1. The highest BCUT2D eigenvalue weighted by Gasteiger charge is 2.21. The molecule has 2 aromatic carbocycles. The van der Waals surface area contributed by atoms with Crippen molar-refractivity contribution in [3.63, 3.8) is 0 Å². The van der Waals surface area contributed by atoms with Crippen LogP contribution >= 0.6 is 0 Å². The molecule has 10 heteroatoms. The maximum Gasteiger partial charge on any atom is 0.307 e. The van der Waals surface area contributed by atoms with Crippen LogP contribution in [0.5, 0.6) is 0 Å². The Kier molecular flexibility index (Phi) is 7.07. The Morgan fingerprint density at radius 2 is 1.76 bits per heavy atom. The van der Waals surface area contributed by atoms with E-state index in [1.165, 1.54) is 19.1 Å². The third-order valence-electron chi connectivity index (χ3n) is 3.81. The van der Waals surface area contributed by atoms with Gasteiger partial charge < -0.3 is 10.1 Å². The summed E-state index contributed by atoms with van der Waals surface area (Å²) in [6.45, 7) is 1.27. The fraction of sp³-hybridized carbons (Fsp3) is 0.211. The summed E-state index contributed by atoms with van der Waals surface area (Å²) in [6.07, 6.45) is -1.74. The number of nitro groups is 1. The van der Waals surface area contributed by atoms with Crippen molar-refractivity contribution in [1.82, 2.24) is 0 Å². The van der Waals surface area contributed by atoms with Gasteiger partial charge in [0.1, 0.15) is 5.82 Å². The molecule has 1 atom stereocenters. The highest BCUT2D eigenvalue weighted by atomic mass is 19.1. The summed E-state index contributed by atoms with van der Waals surface area (Å²) < 4.78 is 31.1. The highest BCUT2D eigenvalue weighted by Crippen LogP contribution is 2.21. The molecule has 8 nitrogen and oxygen atoms in total. The first-order chi connectivity index (χ1) is 13.7. The quantitative estimate of drug-likeness (QED) is 0.311. The van der Waals surface area contributed by atoms with E-state index in [4.69, 9.17) is 4.74 Å². The number of rotatable bonds is 8. The van der Waals surface area contributed by atoms with Gasteiger partial charge in [0.2, 0.25) is 5.82 Å². The van der Waals surface area contributed by atoms with Crippen LogP contribution in [0.25, 0.3) is 0 Å². The predicted octanol–water partition coefficient (Wildman–Crippen LogP) is 3.41. The molecule has 0 saturated carbocycles. The molecule has 0 saturated heterocycles. The second-order valence-electron chi connectivity index (χ2n) is 5.97. The number of hydrogen-bond donors (Lipinski definition) is 1. The molecular weight excluding hydrogens is 390 g/mol. The van der Waals surface area contributed by atoms with Crippen molar-refractivity contribution in [2.24, 2.45) is 0 Å². The van der Waals surface area contributed by atoms with Crippen molar-refractivity contribution < 1.29 is 32.8 Å². The smallest absolute Gasteiger partial charge is 0.307 e. The standard InChI is InChI=1S/C19H16F2N2O6/c1-11(19(26)22-14-6-7-15(21)16(10-14)23(27)28)29-18(25)9-8-17(24)12-2-4-13(20)5-3-12/h2-7,10-11H,8-9H2,1H3,(H,22,26)/t11-/m1/s1. The molecule has 0 bridgehead atoms. The number of nitrogens with zero attached hydrogens (tertiary/aromatic N) is 1. The van der Waals surface area contributed by atoms with E-state index in [9.17, 15) is 33.3 Å². The van der Waals surface area contributed by atoms with Crippen LogP contribution in [0.1, 0.15) is 30.1 Å². The third-order valence-corrected chi connectivity index (χ3v) is 3.81. The number of ketones is 1. The monoisotopic (exact) mass is 406 g/mol. The maximum atomic E-state index is 13.3. The maximum absolute atomic E-state index is 13.3. The Labute approximate surface area is 163 Å². The Bertz CT molecular complexity index is 946. The van der Waals surface area contributed by atoms with Crippen LogP contribution in [0.4, 0.5) is 20.2 Å². The minimum Gasteiger partial charge on any atom is -0.453 e. The summed E-state index contributed by atoms with van der Waals surface area (Å²) in [5.74, 6) is -3.54. The molecule has 2 rings (SSSR count). The summed E-state index contributed by atoms with van der Waals surface area (Å²) >= 11 is 0. The third kappa shape index (κ3) is 6.16. The van der Waals surface area contributed by atoms with Crippen molar-refractivity contribution in [3.8, 4) is 0 Å². The molecular formula is C19H16F2N2O6. The van der Waals surface area contributed by atoms with Gasteiger partial charge in [0, 0.05) is 23.7 Å². The Morgan fingerprint density at radius 1 is 1.10 bits per heavy atom. The van der Waals surface area contributed by atoms with E-state index in [1.807, 2.05) is 0 Å². The van der Waals surface area contributed by atoms with Crippen molar-refractivity contribution in [1.29, 1.82) is 0 Å². The first-order valence-electron chi connectivity index (χ1n) is 8.40. The lowest BCUT2D eigenvalue weighted by molar-refractivity contribution is -0.387. The fourth-order valence-electron chi connectivity index (χ4n) is 2.28. The number of carbonyl (C=O) groups is 3. The second kappa shape index (κ2) is 9.49. The van der Waals surface area contributed by atoms with Gasteiger partial charge in [0.05, 0.1) is 11.3 Å². The topological polar surface area (TPSA) is 116 Å². The molecule has 0 aromatic heterocycles. The normalized spacial score (nSPS) is 11.4. The summed E-state index contributed by atoms with van der Waals surface area (Å²) in [6, 6.07) is 7.61. The predicted molar refractivity (Wildman–Crippen MR) is 97.2 cm³/mol. The summed E-state index contributed by atoms with van der Waals surface area (Å²) in [5, 5.41) is 13.0. The molecule has 1 N–H and O–H groups in total. The van der Waals surface area contributed by atoms with E-state index in [2.05, 4.69) is 5.32 Å². The Hall–Kier alpha value is -3.69. The van der Waals surface area contributed by atoms with Gasteiger partial charge in [-0.2, -0.15) is 4.39 Å². The zero-order valence-corrected chi connectivity index (χ0v) is 15.2. The molecule has 0 aliphatic carbocycles. The zero-order chi connectivity index (χ0) is 21.6.